The van der Waals surface area contributed by atoms with Crippen LogP contribution in [0.2, 0.25) is 0 Å². The number of ether oxygens (including phenoxy) is 2. The Bertz CT molecular complexity index is 204. The smallest absolute Gasteiger partial charge is 0.0591 e. The van der Waals surface area contributed by atoms with Gasteiger partial charge >= 0.3 is 0 Å². The van der Waals surface area contributed by atoms with Crippen molar-refractivity contribution in [1.82, 2.24) is 5.32 Å². The lowest BCUT2D eigenvalue weighted by molar-refractivity contribution is 0.0879. The number of nitrogens with one attached hydrogen (secondary N) is 1. The minimum absolute atomic E-state index is 0.642. The van der Waals surface area contributed by atoms with E-state index in [4.69, 9.17) is 9.47 Å². The molecule has 0 radical (unpaired) electrons. The van der Waals surface area contributed by atoms with Crippen molar-refractivity contribution < 1.29 is 9.47 Å². The Morgan fingerprint density at radius 1 is 1.24 bits per heavy atom. The summed E-state index contributed by atoms with van der Waals surface area (Å²) in [4.78, 5) is 0. The summed E-state index contributed by atoms with van der Waals surface area (Å²) in [5, 5.41) is 3.64. The Balaban J connectivity index is 1.47. The maximum Gasteiger partial charge on any atom is 0.0591 e. The van der Waals surface area contributed by atoms with Gasteiger partial charge in [-0.15, -0.1) is 0 Å². The molecule has 3 atom stereocenters. The zero-order valence-corrected chi connectivity index (χ0v) is 11.1. The fourth-order valence-electron chi connectivity index (χ4n) is 2.90. The Labute approximate surface area is 105 Å². The van der Waals surface area contributed by atoms with Crippen molar-refractivity contribution in [3.8, 4) is 0 Å². The Morgan fingerprint density at radius 2 is 2.12 bits per heavy atom. The largest absolute Gasteiger partial charge is 0.381 e. The third-order valence-corrected chi connectivity index (χ3v) is 4.14. The van der Waals surface area contributed by atoms with Crippen LogP contribution in [-0.4, -0.2) is 39.0 Å². The van der Waals surface area contributed by atoms with Gasteiger partial charge in [-0.1, -0.05) is 19.8 Å². The predicted octanol–water partition coefficient (Wildman–Crippen LogP) is 2.21. The van der Waals surface area contributed by atoms with Gasteiger partial charge in [0.15, 0.2) is 0 Å². The van der Waals surface area contributed by atoms with Crippen LogP contribution in [0.3, 0.4) is 0 Å². The molecule has 100 valence electrons. The molecule has 2 rings (SSSR count). The van der Waals surface area contributed by atoms with E-state index < -0.39 is 0 Å². The Kier molecular flexibility index (Phi) is 5.75. The van der Waals surface area contributed by atoms with Gasteiger partial charge in [0.25, 0.3) is 0 Å². The van der Waals surface area contributed by atoms with E-state index in [1.165, 1.54) is 32.1 Å². The van der Waals surface area contributed by atoms with E-state index in [2.05, 4.69) is 12.2 Å². The second kappa shape index (κ2) is 7.34. The molecule has 1 aliphatic carbocycles. The fraction of sp³-hybridized carbons (Fsp3) is 1.00. The van der Waals surface area contributed by atoms with E-state index in [1.54, 1.807) is 0 Å². The molecular weight excluding hydrogens is 214 g/mol. The highest BCUT2D eigenvalue weighted by molar-refractivity contribution is 4.77. The van der Waals surface area contributed by atoms with Crippen LogP contribution in [-0.2, 0) is 9.47 Å². The monoisotopic (exact) mass is 241 g/mol. The predicted molar refractivity (Wildman–Crippen MR) is 69.2 cm³/mol. The second-order valence-electron chi connectivity index (χ2n) is 5.63. The first-order chi connectivity index (χ1) is 8.36. The molecule has 1 N–H and O–H groups in total. The lowest BCUT2D eigenvalue weighted by atomic mass is 9.86. The molecule has 1 aliphatic heterocycles. The molecular formula is C14H27NO2. The maximum atomic E-state index is 5.70. The second-order valence-corrected chi connectivity index (χ2v) is 5.63. The van der Waals surface area contributed by atoms with E-state index in [0.717, 1.165) is 44.9 Å². The van der Waals surface area contributed by atoms with Crippen LogP contribution < -0.4 is 5.32 Å². The van der Waals surface area contributed by atoms with Crippen molar-refractivity contribution >= 4 is 0 Å². The summed E-state index contributed by atoms with van der Waals surface area (Å²) in [6, 6.07) is 0.724. The lowest BCUT2D eigenvalue weighted by Crippen LogP contribution is -2.39. The first-order valence-corrected chi connectivity index (χ1v) is 7.25. The summed E-state index contributed by atoms with van der Waals surface area (Å²) in [6.07, 6.45) is 6.71. The van der Waals surface area contributed by atoms with Crippen LogP contribution in [0.1, 0.15) is 39.0 Å². The van der Waals surface area contributed by atoms with Crippen LogP contribution >= 0.6 is 0 Å². The van der Waals surface area contributed by atoms with E-state index in [9.17, 15) is 0 Å². The summed E-state index contributed by atoms with van der Waals surface area (Å²) in [6.45, 7) is 6.91. The first-order valence-electron chi connectivity index (χ1n) is 7.25. The Hall–Kier alpha value is -0.120. The van der Waals surface area contributed by atoms with Crippen molar-refractivity contribution in [1.29, 1.82) is 0 Å². The molecule has 17 heavy (non-hydrogen) atoms. The van der Waals surface area contributed by atoms with Gasteiger partial charge in [0.05, 0.1) is 19.8 Å². The summed E-state index contributed by atoms with van der Waals surface area (Å²) < 4.78 is 11.0. The van der Waals surface area contributed by atoms with Gasteiger partial charge in [-0.3, -0.25) is 0 Å². The molecule has 3 nitrogen and oxygen atoms in total. The highest BCUT2D eigenvalue weighted by Crippen LogP contribution is 2.23. The number of hydrogen-bond acceptors (Lipinski definition) is 3. The van der Waals surface area contributed by atoms with Crippen molar-refractivity contribution in [3.63, 3.8) is 0 Å². The van der Waals surface area contributed by atoms with Gasteiger partial charge in [0.1, 0.15) is 0 Å². The highest BCUT2D eigenvalue weighted by Gasteiger charge is 2.20. The highest BCUT2D eigenvalue weighted by atomic mass is 16.5. The van der Waals surface area contributed by atoms with Crippen molar-refractivity contribution in [3.05, 3.63) is 0 Å². The third-order valence-electron chi connectivity index (χ3n) is 4.14. The topological polar surface area (TPSA) is 30.5 Å². The molecule has 0 aromatic carbocycles. The quantitative estimate of drug-likeness (QED) is 0.723. The molecule has 1 saturated carbocycles. The summed E-state index contributed by atoms with van der Waals surface area (Å²) >= 11 is 0. The Morgan fingerprint density at radius 3 is 2.88 bits per heavy atom. The molecule has 2 fully saturated rings. The van der Waals surface area contributed by atoms with Gasteiger partial charge in [-0.2, -0.15) is 0 Å². The van der Waals surface area contributed by atoms with E-state index in [1.807, 2.05) is 0 Å². The molecule has 1 heterocycles. The molecule has 0 amide bonds. The average molecular weight is 241 g/mol. The SMILES string of the molecule is CC1CCCCC1NCCOCC1CCOC1. The minimum Gasteiger partial charge on any atom is -0.381 e. The average Bonchev–Trinajstić information content (AvgIpc) is 2.84. The molecule has 0 spiro atoms. The van der Waals surface area contributed by atoms with E-state index in [-0.39, 0.29) is 0 Å². The molecule has 3 heteroatoms. The molecule has 3 unspecified atom stereocenters. The molecule has 2 aliphatic rings. The number of hydrogen-bond donors (Lipinski definition) is 1. The summed E-state index contributed by atoms with van der Waals surface area (Å²) in [5.74, 6) is 1.48. The summed E-state index contributed by atoms with van der Waals surface area (Å²) in [7, 11) is 0. The van der Waals surface area contributed by atoms with Crippen LogP contribution in [0, 0.1) is 11.8 Å². The molecule has 0 aromatic rings. The van der Waals surface area contributed by atoms with Crippen LogP contribution in [0.5, 0.6) is 0 Å². The molecule has 0 aromatic heterocycles. The lowest BCUT2D eigenvalue weighted by Gasteiger charge is -2.29. The van der Waals surface area contributed by atoms with Crippen molar-refractivity contribution in [2.45, 2.75) is 45.1 Å². The normalized spacial score (nSPS) is 34.1. The van der Waals surface area contributed by atoms with E-state index in [0.29, 0.717) is 5.92 Å². The summed E-state index contributed by atoms with van der Waals surface area (Å²) in [5.41, 5.74) is 0. The van der Waals surface area contributed by atoms with Gasteiger partial charge in [0.2, 0.25) is 0 Å². The van der Waals surface area contributed by atoms with Gasteiger partial charge < -0.3 is 14.8 Å². The standard InChI is InChI=1S/C14H27NO2/c1-12-4-2-3-5-14(12)15-7-9-17-11-13-6-8-16-10-13/h12-15H,2-11H2,1H3. The van der Waals surface area contributed by atoms with E-state index >= 15 is 0 Å². The van der Waals surface area contributed by atoms with Gasteiger partial charge in [-0.25, -0.2) is 0 Å². The molecule has 1 saturated heterocycles. The number of rotatable bonds is 6. The van der Waals surface area contributed by atoms with Crippen LogP contribution in [0.25, 0.3) is 0 Å². The zero-order valence-electron chi connectivity index (χ0n) is 11.1. The van der Waals surface area contributed by atoms with Gasteiger partial charge in [-0.05, 0) is 25.2 Å². The van der Waals surface area contributed by atoms with Crippen LogP contribution in [0.15, 0.2) is 0 Å². The zero-order chi connectivity index (χ0) is 11.9. The molecule has 0 bridgehead atoms. The minimum atomic E-state index is 0.642. The first kappa shape index (κ1) is 13.3. The van der Waals surface area contributed by atoms with Gasteiger partial charge in [0, 0.05) is 25.1 Å². The van der Waals surface area contributed by atoms with Crippen molar-refractivity contribution in [2.24, 2.45) is 11.8 Å². The third kappa shape index (κ3) is 4.57. The van der Waals surface area contributed by atoms with Crippen LogP contribution in [0.4, 0.5) is 0 Å². The fourth-order valence-corrected chi connectivity index (χ4v) is 2.90. The maximum absolute atomic E-state index is 5.70. The van der Waals surface area contributed by atoms with Crippen molar-refractivity contribution in [2.75, 3.05) is 33.0 Å².